The summed E-state index contributed by atoms with van der Waals surface area (Å²) in [5.74, 6) is -0.299. The van der Waals surface area contributed by atoms with Gasteiger partial charge >= 0.3 is 5.97 Å². The molecule has 1 aliphatic heterocycles. The molecule has 1 saturated heterocycles. The van der Waals surface area contributed by atoms with E-state index in [0.29, 0.717) is 32.8 Å². The first-order valence-corrected chi connectivity index (χ1v) is 9.91. The maximum atomic E-state index is 13.0. The number of anilines is 1. The van der Waals surface area contributed by atoms with Crippen LogP contribution in [0.4, 0.5) is 10.1 Å². The molecule has 3 rings (SSSR count). The highest BCUT2D eigenvalue weighted by Gasteiger charge is 2.22. The van der Waals surface area contributed by atoms with Gasteiger partial charge in [-0.05, 0) is 55.0 Å². The Labute approximate surface area is 175 Å². The fourth-order valence-electron chi connectivity index (χ4n) is 3.14. The molecule has 158 valence electrons. The molecule has 0 saturated carbocycles. The Balaban J connectivity index is 1.40. The van der Waals surface area contributed by atoms with E-state index in [9.17, 15) is 14.0 Å². The number of benzene rings is 2. The van der Waals surface area contributed by atoms with Crippen molar-refractivity contribution in [2.75, 3.05) is 44.3 Å². The average molecular weight is 412 g/mol. The van der Waals surface area contributed by atoms with Crippen LogP contribution in [0.3, 0.4) is 0 Å². The Hall–Kier alpha value is -3.35. The molecule has 7 heteroatoms. The Bertz CT molecular complexity index is 873. The van der Waals surface area contributed by atoms with Crippen molar-refractivity contribution in [1.29, 1.82) is 0 Å². The van der Waals surface area contributed by atoms with Crippen molar-refractivity contribution in [3.05, 3.63) is 66.0 Å². The van der Waals surface area contributed by atoms with Crippen molar-refractivity contribution < 1.29 is 23.5 Å². The van der Waals surface area contributed by atoms with Crippen LogP contribution < -0.4 is 9.64 Å². The van der Waals surface area contributed by atoms with Crippen molar-refractivity contribution in [3.8, 4) is 5.75 Å². The van der Waals surface area contributed by atoms with Crippen LogP contribution in [0.5, 0.6) is 5.75 Å². The number of hydrogen-bond acceptors (Lipinski definition) is 5. The molecule has 1 amide bonds. The molecular weight excluding hydrogens is 387 g/mol. The topological polar surface area (TPSA) is 59.1 Å². The summed E-state index contributed by atoms with van der Waals surface area (Å²) in [6.07, 6.45) is 2.93. The first kappa shape index (κ1) is 21.4. The summed E-state index contributed by atoms with van der Waals surface area (Å²) in [6, 6.07) is 13.6. The maximum Gasteiger partial charge on any atom is 0.331 e. The standard InChI is InChI=1S/C23H25FN2O4/c1-2-29-21-10-3-18(4-11-21)5-12-23(28)30-17-22(27)26-15-13-25(14-16-26)20-8-6-19(24)7-9-20/h3-12H,2,13-17H2,1H3/b12-5+. The third-order valence-electron chi connectivity index (χ3n) is 4.77. The van der Waals surface area contributed by atoms with Gasteiger partial charge in [-0.15, -0.1) is 0 Å². The van der Waals surface area contributed by atoms with Gasteiger partial charge in [-0.3, -0.25) is 4.79 Å². The van der Waals surface area contributed by atoms with Crippen LogP contribution in [0.25, 0.3) is 6.08 Å². The van der Waals surface area contributed by atoms with E-state index in [0.717, 1.165) is 17.0 Å². The number of esters is 1. The number of hydrogen-bond donors (Lipinski definition) is 0. The third kappa shape index (κ3) is 6.07. The summed E-state index contributed by atoms with van der Waals surface area (Å²) in [6.45, 7) is 4.55. The second kappa shape index (κ2) is 10.4. The fraction of sp³-hybridized carbons (Fsp3) is 0.304. The molecule has 0 unspecified atom stereocenters. The van der Waals surface area contributed by atoms with Gasteiger partial charge in [0, 0.05) is 37.9 Å². The van der Waals surface area contributed by atoms with Gasteiger partial charge in [-0.2, -0.15) is 0 Å². The zero-order valence-corrected chi connectivity index (χ0v) is 16.9. The van der Waals surface area contributed by atoms with Crippen molar-refractivity contribution in [2.45, 2.75) is 6.92 Å². The number of carbonyl (C=O) groups excluding carboxylic acids is 2. The number of rotatable bonds is 7. The van der Waals surface area contributed by atoms with E-state index in [1.165, 1.54) is 18.2 Å². The van der Waals surface area contributed by atoms with Crippen LogP contribution in [0.15, 0.2) is 54.6 Å². The smallest absolute Gasteiger partial charge is 0.331 e. The predicted molar refractivity (Wildman–Crippen MR) is 113 cm³/mol. The summed E-state index contributed by atoms with van der Waals surface area (Å²) in [5.41, 5.74) is 1.76. The number of carbonyl (C=O) groups is 2. The zero-order chi connectivity index (χ0) is 21.3. The minimum absolute atomic E-state index is 0.225. The van der Waals surface area contributed by atoms with E-state index in [-0.39, 0.29) is 18.3 Å². The predicted octanol–water partition coefficient (Wildman–Crippen LogP) is 3.13. The molecule has 0 spiro atoms. The quantitative estimate of drug-likeness (QED) is 0.517. The highest BCUT2D eigenvalue weighted by atomic mass is 19.1. The number of ether oxygens (including phenoxy) is 2. The summed E-state index contributed by atoms with van der Waals surface area (Å²) >= 11 is 0. The van der Waals surface area contributed by atoms with Crippen LogP contribution in [-0.2, 0) is 14.3 Å². The van der Waals surface area contributed by atoms with Gasteiger partial charge in [0.25, 0.3) is 5.91 Å². The Morgan fingerprint density at radius 1 is 1.00 bits per heavy atom. The minimum Gasteiger partial charge on any atom is -0.494 e. The molecule has 1 fully saturated rings. The summed E-state index contributed by atoms with van der Waals surface area (Å²) in [4.78, 5) is 28.0. The SMILES string of the molecule is CCOc1ccc(/C=C/C(=O)OCC(=O)N2CCN(c3ccc(F)cc3)CC2)cc1. The monoisotopic (exact) mass is 412 g/mol. The molecule has 0 atom stereocenters. The summed E-state index contributed by atoms with van der Waals surface area (Å²) in [5, 5.41) is 0. The lowest BCUT2D eigenvalue weighted by atomic mass is 10.2. The van der Waals surface area contributed by atoms with Crippen molar-refractivity contribution in [2.24, 2.45) is 0 Å². The molecule has 0 N–H and O–H groups in total. The second-order valence-electron chi connectivity index (χ2n) is 6.79. The zero-order valence-electron chi connectivity index (χ0n) is 16.9. The maximum absolute atomic E-state index is 13.0. The van der Waals surface area contributed by atoms with Gasteiger partial charge in [-0.1, -0.05) is 12.1 Å². The van der Waals surface area contributed by atoms with Crippen LogP contribution in [-0.4, -0.2) is 56.2 Å². The molecule has 30 heavy (non-hydrogen) atoms. The van der Waals surface area contributed by atoms with Crippen molar-refractivity contribution >= 4 is 23.6 Å². The van der Waals surface area contributed by atoms with Gasteiger partial charge in [0.1, 0.15) is 11.6 Å². The number of nitrogens with zero attached hydrogens (tertiary/aromatic N) is 2. The molecule has 6 nitrogen and oxygen atoms in total. The largest absolute Gasteiger partial charge is 0.494 e. The first-order valence-electron chi connectivity index (χ1n) is 9.91. The van der Waals surface area contributed by atoms with Crippen molar-refractivity contribution in [1.82, 2.24) is 4.90 Å². The summed E-state index contributed by atoms with van der Waals surface area (Å²) < 4.78 is 23.5. The summed E-state index contributed by atoms with van der Waals surface area (Å²) in [7, 11) is 0. The lowest BCUT2D eigenvalue weighted by Gasteiger charge is -2.36. The van der Waals surface area contributed by atoms with Gasteiger partial charge in [-0.25, -0.2) is 9.18 Å². The highest BCUT2D eigenvalue weighted by Crippen LogP contribution is 2.17. The Kier molecular flexibility index (Phi) is 7.43. The molecule has 0 aromatic heterocycles. The van der Waals surface area contributed by atoms with E-state index in [2.05, 4.69) is 4.90 Å². The Morgan fingerprint density at radius 3 is 2.30 bits per heavy atom. The van der Waals surface area contributed by atoms with Gasteiger partial charge < -0.3 is 19.3 Å². The number of piperazine rings is 1. The van der Waals surface area contributed by atoms with Gasteiger partial charge in [0.2, 0.25) is 0 Å². The van der Waals surface area contributed by atoms with E-state index in [1.807, 2.05) is 31.2 Å². The molecule has 0 bridgehead atoms. The fourth-order valence-corrected chi connectivity index (χ4v) is 3.14. The normalized spacial score (nSPS) is 14.1. The van der Waals surface area contributed by atoms with E-state index >= 15 is 0 Å². The van der Waals surface area contributed by atoms with Crippen molar-refractivity contribution in [3.63, 3.8) is 0 Å². The minimum atomic E-state index is -0.567. The van der Waals surface area contributed by atoms with Crippen LogP contribution in [0.2, 0.25) is 0 Å². The van der Waals surface area contributed by atoms with E-state index in [4.69, 9.17) is 9.47 Å². The molecule has 2 aromatic rings. The molecule has 1 heterocycles. The molecule has 0 radical (unpaired) electrons. The van der Waals surface area contributed by atoms with Crippen LogP contribution >= 0.6 is 0 Å². The van der Waals surface area contributed by atoms with E-state index in [1.54, 1.807) is 23.1 Å². The molecule has 2 aromatic carbocycles. The average Bonchev–Trinajstić information content (AvgIpc) is 2.78. The number of amides is 1. The third-order valence-corrected chi connectivity index (χ3v) is 4.77. The first-order chi connectivity index (χ1) is 14.5. The molecule has 1 aliphatic rings. The number of halogens is 1. The van der Waals surface area contributed by atoms with E-state index < -0.39 is 5.97 Å². The lowest BCUT2D eigenvalue weighted by Crippen LogP contribution is -2.49. The lowest BCUT2D eigenvalue weighted by molar-refractivity contribution is -0.148. The van der Waals surface area contributed by atoms with Crippen LogP contribution in [0.1, 0.15) is 12.5 Å². The van der Waals surface area contributed by atoms with Crippen LogP contribution in [0, 0.1) is 5.82 Å². The second-order valence-corrected chi connectivity index (χ2v) is 6.79. The highest BCUT2D eigenvalue weighted by molar-refractivity contribution is 5.89. The molecular formula is C23H25FN2O4. The van der Waals surface area contributed by atoms with Gasteiger partial charge in [0.15, 0.2) is 6.61 Å². The Morgan fingerprint density at radius 2 is 1.67 bits per heavy atom. The van der Waals surface area contributed by atoms with Gasteiger partial charge in [0.05, 0.1) is 6.61 Å². The molecule has 0 aliphatic carbocycles.